The van der Waals surface area contributed by atoms with Crippen molar-refractivity contribution in [2.75, 3.05) is 5.73 Å². The molecule has 0 aliphatic rings. The third-order valence-electron chi connectivity index (χ3n) is 2.69. The number of nitrogen functional groups attached to an aromatic ring is 1. The summed E-state index contributed by atoms with van der Waals surface area (Å²) < 4.78 is 0. The van der Waals surface area contributed by atoms with Gasteiger partial charge < -0.3 is 10.8 Å². The average molecular weight is 194 g/mol. The Hall–Kier alpha value is -1.09. The number of pyridine rings is 1. The Balaban J connectivity index is 2.77. The van der Waals surface area contributed by atoms with Crippen LogP contribution in [0.3, 0.4) is 0 Å². The van der Waals surface area contributed by atoms with Gasteiger partial charge >= 0.3 is 0 Å². The molecule has 78 valence electrons. The summed E-state index contributed by atoms with van der Waals surface area (Å²) in [5.41, 5.74) is 6.01. The van der Waals surface area contributed by atoms with Crippen LogP contribution >= 0.6 is 0 Å². The van der Waals surface area contributed by atoms with Crippen LogP contribution in [0.2, 0.25) is 0 Å². The van der Waals surface area contributed by atoms with Gasteiger partial charge in [-0.3, -0.25) is 0 Å². The van der Waals surface area contributed by atoms with Gasteiger partial charge in [0.15, 0.2) is 0 Å². The molecule has 1 rings (SSSR count). The van der Waals surface area contributed by atoms with E-state index in [0.717, 1.165) is 18.4 Å². The largest absolute Gasteiger partial charge is 0.390 e. The van der Waals surface area contributed by atoms with Crippen molar-refractivity contribution in [2.24, 2.45) is 0 Å². The summed E-state index contributed by atoms with van der Waals surface area (Å²) in [7, 11) is 0. The molecule has 3 N–H and O–H groups in total. The van der Waals surface area contributed by atoms with Crippen LogP contribution in [-0.2, 0) is 6.42 Å². The molecule has 0 saturated heterocycles. The quantitative estimate of drug-likeness (QED) is 0.767. The number of hydrogen-bond acceptors (Lipinski definition) is 3. The van der Waals surface area contributed by atoms with Crippen molar-refractivity contribution in [3.63, 3.8) is 0 Å². The lowest BCUT2D eigenvalue weighted by atomic mass is 9.90. The van der Waals surface area contributed by atoms with E-state index >= 15 is 0 Å². The van der Waals surface area contributed by atoms with Crippen LogP contribution in [0.1, 0.15) is 32.3 Å². The maximum Gasteiger partial charge on any atom is 0.123 e. The van der Waals surface area contributed by atoms with Crippen molar-refractivity contribution in [3.8, 4) is 0 Å². The monoisotopic (exact) mass is 194 g/mol. The Labute approximate surface area is 85.0 Å². The Morgan fingerprint density at radius 1 is 1.43 bits per heavy atom. The molecule has 0 aromatic carbocycles. The zero-order valence-electron chi connectivity index (χ0n) is 8.83. The van der Waals surface area contributed by atoms with Crippen molar-refractivity contribution < 1.29 is 5.11 Å². The number of aromatic nitrogens is 1. The molecule has 0 amide bonds. The molecule has 0 aliphatic heterocycles. The normalized spacial score (nSPS) is 11.6. The fraction of sp³-hybridized carbons (Fsp3) is 0.545. The van der Waals surface area contributed by atoms with Crippen molar-refractivity contribution >= 4 is 5.82 Å². The van der Waals surface area contributed by atoms with Crippen LogP contribution in [0.15, 0.2) is 18.3 Å². The lowest BCUT2D eigenvalue weighted by molar-refractivity contribution is 0.0326. The van der Waals surface area contributed by atoms with Gasteiger partial charge in [0.25, 0.3) is 0 Å². The number of hydrogen-bond donors (Lipinski definition) is 2. The second-order valence-electron chi connectivity index (χ2n) is 3.70. The molecule has 0 spiro atoms. The highest BCUT2D eigenvalue weighted by molar-refractivity contribution is 5.32. The number of nitrogens with two attached hydrogens (primary N) is 1. The van der Waals surface area contributed by atoms with Gasteiger partial charge in [0.05, 0.1) is 5.60 Å². The number of aliphatic hydroxyl groups is 1. The van der Waals surface area contributed by atoms with Gasteiger partial charge in [-0.1, -0.05) is 13.8 Å². The minimum Gasteiger partial charge on any atom is -0.390 e. The van der Waals surface area contributed by atoms with E-state index in [-0.39, 0.29) is 0 Å². The maximum atomic E-state index is 10.1. The van der Waals surface area contributed by atoms with Crippen LogP contribution in [0.4, 0.5) is 5.82 Å². The molecule has 0 atom stereocenters. The van der Waals surface area contributed by atoms with Gasteiger partial charge in [-0.05, 0) is 30.5 Å². The summed E-state index contributed by atoms with van der Waals surface area (Å²) in [4.78, 5) is 3.92. The molecule has 1 heterocycles. The van der Waals surface area contributed by atoms with Gasteiger partial charge in [0.1, 0.15) is 5.82 Å². The van der Waals surface area contributed by atoms with Crippen LogP contribution < -0.4 is 5.73 Å². The number of anilines is 1. The molecule has 14 heavy (non-hydrogen) atoms. The average Bonchev–Trinajstić information content (AvgIpc) is 2.18. The lowest BCUT2D eigenvalue weighted by Gasteiger charge is -2.25. The van der Waals surface area contributed by atoms with Crippen molar-refractivity contribution in [1.29, 1.82) is 0 Å². The van der Waals surface area contributed by atoms with Gasteiger partial charge in [-0.2, -0.15) is 0 Å². The molecular weight excluding hydrogens is 176 g/mol. The standard InChI is InChI=1S/C11H18N2O/c1-3-11(14,4-2)8-9-5-6-13-10(12)7-9/h5-7,14H,3-4,8H2,1-2H3,(H2,12,13). The topological polar surface area (TPSA) is 59.1 Å². The second-order valence-corrected chi connectivity index (χ2v) is 3.70. The molecule has 0 unspecified atom stereocenters. The van der Waals surface area contributed by atoms with E-state index in [2.05, 4.69) is 4.98 Å². The molecule has 0 saturated carbocycles. The zero-order chi connectivity index (χ0) is 10.6. The van der Waals surface area contributed by atoms with Crippen molar-refractivity contribution in [3.05, 3.63) is 23.9 Å². The fourth-order valence-corrected chi connectivity index (χ4v) is 1.48. The highest BCUT2D eigenvalue weighted by atomic mass is 16.3. The molecule has 1 aromatic heterocycles. The highest BCUT2D eigenvalue weighted by Gasteiger charge is 2.22. The summed E-state index contributed by atoms with van der Waals surface area (Å²) in [6.45, 7) is 3.99. The molecule has 0 aliphatic carbocycles. The van der Waals surface area contributed by atoms with E-state index in [9.17, 15) is 5.11 Å². The SMILES string of the molecule is CCC(O)(CC)Cc1ccnc(N)c1. The van der Waals surface area contributed by atoms with E-state index in [1.165, 1.54) is 0 Å². The third-order valence-corrected chi connectivity index (χ3v) is 2.69. The Morgan fingerprint density at radius 3 is 2.57 bits per heavy atom. The first-order valence-electron chi connectivity index (χ1n) is 5.02. The number of rotatable bonds is 4. The lowest BCUT2D eigenvalue weighted by Crippen LogP contribution is -2.29. The smallest absolute Gasteiger partial charge is 0.123 e. The fourth-order valence-electron chi connectivity index (χ4n) is 1.48. The molecule has 0 radical (unpaired) electrons. The van der Waals surface area contributed by atoms with Crippen LogP contribution in [0.5, 0.6) is 0 Å². The molecular formula is C11H18N2O. The third kappa shape index (κ3) is 2.70. The summed E-state index contributed by atoms with van der Waals surface area (Å²) in [6, 6.07) is 3.71. The van der Waals surface area contributed by atoms with E-state index in [1.54, 1.807) is 6.20 Å². The Morgan fingerprint density at radius 2 is 2.07 bits per heavy atom. The summed E-state index contributed by atoms with van der Waals surface area (Å²) in [6.07, 6.45) is 3.83. The van der Waals surface area contributed by atoms with Crippen molar-refractivity contribution in [2.45, 2.75) is 38.7 Å². The van der Waals surface area contributed by atoms with E-state index < -0.39 is 5.60 Å². The summed E-state index contributed by atoms with van der Waals surface area (Å²) >= 11 is 0. The summed E-state index contributed by atoms with van der Waals surface area (Å²) in [5, 5.41) is 10.1. The van der Waals surface area contributed by atoms with Crippen LogP contribution in [-0.4, -0.2) is 15.7 Å². The minimum absolute atomic E-state index is 0.511. The van der Waals surface area contributed by atoms with Gasteiger partial charge in [0, 0.05) is 12.6 Å². The second kappa shape index (κ2) is 4.42. The zero-order valence-corrected chi connectivity index (χ0v) is 8.83. The Kier molecular flexibility index (Phi) is 3.47. The van der Waals surface area contributed by atoms with Gasteiger partial charge in [-0.25, -0.2) is 4.98 Å². The van der Waals surface area contributed by atoms with Crippen LogP contribution in [0.25, 0.3) is 0 Å². The van der Waals surface area contributed by atoms with E-state index in [0.29, 0.717) is 12.2 Å². The molecule has 0 fully saturated rings. The maximum absolute atomic E-state index is 10.1. The molecule has 0 bridgehead atoms. The highest BCUT2D eigenvalue weighted by Crippen LogP contribution is 2.21. The first kappa shape index (κ1) is 11.0. The predicted molar refractivity (Wildman–Crippen MR) is 57.9 cm³/mol. The van der Waals surface area contributed by atoms with E-state index in [4.69, 9.17) is 5.73 Å². The summed E-state index contributed by atoms with van der Waals surface area (Å²) in [5.74, 6) is 0.511. The van der Waals surface area contributed by atoms with Gasteiger partial charge in [0.2, 0.25) is 0 Å². The van der Waals surface area contributed by atoms with E-state index in [1.807, 2.05) is 26.0 Å². The first-order valence-corrected chi connectivity index (χ1v) is 5.02. The van der Waals surface area contributed by atoms with Crippen LogP contribution in [0, 0.1) is 0 Å². The first-order chi connectivity index (χ1) is 6.59. The predicted octanol–water partition coefficient (Wildman–Crippen LogP) is 1.76. The Bertz CT molecular complexity index is 295. The van der Waals surface area contributed by atoms with Gasteiger partial charge in [-0.15, -0.1) is 0 Å². The number of nitrogens with zero attached hydrogens (tertiary/aromatic N) is 1. The molecule has 3 heteroatoms. The minimum atomic E-state index is -0.603. The molecule has 3 nitrogen and oxygen atoms in total. The van der Waals surface area contributed by atoms with Crippen molar-refractivity contribution in [1.82, 2.24) is 4.98 Å². The molecule has 1 aromatic rings.